The fourth-order valence-corrected chi connectivity index (χ4v) is 2.49. The second kappa shape index (κ2) is 7.25. The van der Waals surface area contributed by atoms with Gasteiger partial charge in [-0.2, -0.15) is 0 Å². The Morgan fingerprint density at radius 3 is 2.20 bits per heavy atom. The normalized spacial score (nSPS) is 10.8. The first-order valence-corrected chi connectivity index (χ1v) is 7.64. The van der Waals surface area contributed by atoms with E-state index < -0.39 is 0 Å². The van der Waals surface area contributed by atoms with Crippen molar-refractivity contribution in [1.82, 2.24) is 5.32 Å². The van der Waals surface area contributed by atoms with Crippen LogP contribution in [0.5, 0.6) is 0 Å². The number of benzene rings is 2. The molecule has 1 heteroatoms. The van der Waals surface area contributed by atoms with Crippen molar-refractivity contribution >= 4 is 0 Å². The van der Waals surface area contributed by atoms with Crippen molar-refractivity contribution in [3.63, 3.8) is 0 Å². The Morgan fingerprint density at radius 1 is 0.900 bits per heavy atom. The molecule has 0 bridgehead atoms. The van der Waals surface area contributed by atoms with Gasteiger partial charge in [0.1, 0.15) is 0 Å². The molecular weight excluding hydrogens is 242 g/mol. The van der Waals surface area contributed by atoms with Crippen LogP contribution in [0.1, 0.15) is 37.0 Å². The molecule has 1 N–H and O–H groups in total. The van der Waals surface area contributed by atoms with E-state index in [9.17, 15) is 0 Å². The number of hydrogen-bond donors (Lipinski definition) is 1. The molecule has 0 saturated carbocycles. The minimum absolute atomic E-state index is 0.962. The molecule has 2 rings (SSSR count). The summed E-state index contributed by atoms with van der Waals surface area (Å²) >= 11 is 0. The van der Waals surface area contributed by atoms with Crippen LogP contribution in [-0.2, 0) is 13.0 Å². The zero-order valence-electron chi connectivity index (χ0n) is 12.9. The van der Waals surface area contributed by atoms with Gasteiger partial charge in [-0.05, 0) is 54.1 Å². The highest BCUT2D eigenvalue weighted by Gasteiger charge is 2.03. The predicted octanol–water partition coefficient (Wildman–Crippen LogP) is 4.72. The van der Waals surface area contributed by atoms with Crippen LogP contribution in [0.25, 0.3) is 11.1 Å². The molecule has 0 atom stereocenters. The number of aryl methyl sites for hydroxylation is 2. The smallest absolute Gasteiger partial charge is 0.0205 e. The molecular formula is C19H25N. The van der Waals surface area contributed by atoms with Crippen LogP contribution in [-0.4, -0.2) is 6.54 Å². The quantitative estimate of drug-likeness (QED) is 0.746. The van der Waals surface area contributed by atoms with Crippen LogP contribution in [0.4, 0.5) is 0 Å². The van der Waals surface area contributed by atoms with Crippen molar-refractivity contribution < 1.29 is 0 Å². The molecule has 2 aromatic rings. The molecule has 0 aliphatic carbocycles. The molecule has 0 aliphatic rings. The maximum Gasteiger partial charge on any atom is 0.0205 e. The summed E-state index contributed by atoms with van der Waals surface area (Å²) < 4.78 is 0. The van der Waals surface area contributed by atoms with Crippen molar-refractivity contribution in [2.75, 3.05) is 6.54 Å². The third-order valence-electron chi connectivity index (χ3n) is 3.72. The van der Waals surface area contributed by atoms with Crippen molar-refractivity contribution in [3.8, 4) is 11.1 Å². The van der Waals surface area contributed by atoms with E-state index in [0.29, 0.717) is 0 Å². The molecule has 0 spiro atoms. The molecule has 1 nitrogen and oxygen atoms in total. The van der Waals surface area contributed by atoms with Crippen molar-refractivity contribution in [1.29, 1.82) is 0 Å². The van der Waals surface area contributed by atoms with Crippen molar-refractivity contribution in [2.24, 2.45) is 0 Å². The van der Waals surface area contributed by atoms with Gasteiger partial charge in [0, 0.05) is 6.54 Å². The lowest BCUT2D eigenvalue weighted by Crippen LogP contribution is -2.13. The molecule has 0 saturated heterocycles. The first kappa shape index (κ1) is 14.8. The topological polar surface area (TPSA) is 12.0 Å². The van der Waals surface area contributed by atoms with Gasteiger partial charge in [-0.1, -0.05) is 56.3 Å². The van der Waals surface area contributed by atoms with E-state index in [4.69, 9.17) is 0 Å². The Hall–Kier alpha value is -1.60. The van der Waals surface area contributed by atoms with Crippen molar-refractivity contribution in [2.45, 2.75) is 40.2 Å². The fraction of sp³-hybridized carbons (Fsp3) is 0.368. The van der Waals surface area contributed by atoms with Gasteiger partial charge in [0.15, 0.2) is 0 Å². The SMILES string of the molecule is CCCNCc1ccc(-c2ccc(CC)cc2)c(C)c1. The van der Waals surface area contributed by atoms with Gasteiger partial charge in [-0.15, -0.1) is 0 Å². The number of rotatable bonds is 6. The molecule has 0 heterocycles. The number of nitrogens with one attached hydrogen (secondary N) is 1. The molecule has 0 aromatic heterocycles. The monoisotopic (exact) mass is 267 g/mol. The predicted molar refractivity (Wildman–Crippen MR) is 88.0 cm³/mol. The van der Waals surface area contributed by atoms with Crippen LogP contribution < -0.4 is 5.32 Å². The highest BCUT2D eigenvalue weighted by atomic mass is 14.8. The van der Waals surface area contributed by atoms with Crippen LogP contribution in [0.15, 0.2) is 42.5 Å². The average Bonchev–Trinajstić information content (AvgIpc) is 2.48. The molecule has 0 aliphatic heterocycles. The zero-order valence-corrected chi connectivity index (χ0v) is 12.9. The first-order chi connectivity index (χ1) is 9.74. The highest BCUT2D eigenvalue weighted by Crippen LogP contribution is 2.24. The summed E-state index contributed by atoms with van der Waals surface area (Å²) in [5.41, 5.74) is 6.77. The summed E-state index contributed by atoms with van der Waals surface area (Å²) in [5, 5.41) is 3.45. The molecule has 0 fully saturated rings. The Labute approximate surface area is 123 Å². The van der Waals surface area contributed by atoms with Crippen LogP contribution in [0.2, 0.25) is 0 Å². The van der Waals surface area contributed by atoms with E-state index >= 15 is 0 Å². The van der Waals surface area contributed by atoms with Gasteiger partial charge >= 0.3 is 0 Å². The molecule has 0 amide bonds. The minimum Gasteiger partial charge on any atom is -0.313 e. The lowest BCUT2D eigenvalue weighted by atomic mass is 9.97. The van der Waals surface area contributed by atoms with E-state index in [1.165, 1.54) is 34.2 Å². The van der Waals surface area contributed by atoms with E-state index in [-0.39, 0.29) is 0 Å². The minimum atomic E-state index is 0.962. The van der Waals surface area contributed by atoms with Crippen LogP contribution in [0.3, 0.4) is 0 Å². The lowest BCUT2D eigenvalue weighted by molar-refractivity contribution is 0.675. The summed E-state index contributed by atoms with van der Waals surface area (Å²) in [6.07, 6.45) is 2.28. The average molecular weight is 267 g/mol. The van der Waals surface area contributed by atoms with Gasteiger partial charge in [0.25, 0.3) is 0 Å². The third-order valence-corrected chi connectivity index (χ3v) is 3.72. The van der Waals surface area contributed by atoms with Gasteiger partial charge < -0.3 is 5.32 Å². The summed E-state index contributed by atoms with van der Waals surface area (Å²) in [5.74, 6) is 0. The summed E-state index contributed by atoms with van der Waals surface area (Å²) in [6.45, 7) is 8.63. The first-order valence-electron chi connectivity index (χ1n) is 7.64. The van der Waals surface area contributed by atoms with E-state index in [1.807, 2.05) is 0 Å². The van der Waals surface area contributed by atoms with E-state index in [0.717, 1.165) is 19.5 Å². The molecule has 0 unspecified atom stereocenters. The second-order valence-electron chi connectivity index (χ2n) is 5.38. The largest absolute Gasteiger partial charge is 0.313 e. The Bertz CT molecular complexity index is 540. The Kier molecular flexibility index (Phi) is 5.37. The van der Waals surface area contributed by atoms with Crippen LogP contribution in [0, 0.1) is 6.92 Å². The summed E-state index contributed by atoms with van der Waals surface area (Å²) in [7, 11) is 0. The zero-order chi connectivity index (χ0) is 14.4. The Balaban J connectivity index is 2.15. The molecule has 0 radical (unpaired) electrons. The van der Waals surface area contributed by atoms with Crippen LogP contribution >= 0.6 is 0 Å². The number of hydrogen-bond acceptors (Lipinski definition) is 1. The van der Waals surface area contributed by atoms with E-state index in [2.05, 4.69) is 68.6 Å². The van der Waals surface area contributed by atoms with Crippen molar-refractivity contribution in [3.05, 3.63) is 59.2 Å². The molecule has 2 aromatic carbocycles. The highest BCUT2D eigenvalue weighted by molar-refractivity contribution is 5.67. The molecule has 106 valence electrons. The van der Waals surface area contributed by atoms with E-state index in [1.54, 1.807) is 0 Å². The third kappa shape index (κ3) is 3.71. The fourth-order valence-electron chi connectivity index (χ4n) is 2.49. The van der Waals surface area contributed by atoms with Gasteiger partial charge in [0.05, 0.1) is 0 Å². The van der Waals surface area contributed by atoms with Gasteiger partial charge in [-0.3, -0.25) is 0 Å². The molecule has 20 heavy (non-hydrogen) atoms. The van der Waals surface area contributed by atoms with Gasteiger partial charge in [-0.25, -0.2) is 0 Å². The summed E-state index contributed by atoms with van der Waals surface area (Å²) in [6, 6.07) is 15.7. The lowest BCUT2D eigenvalue weighted by Gasteiger charge is -2.10. The maximum absolute atomic E-state index is 3.45. The second-order valence-corrected chi connectivity index (χ2v) is 5.38. The standard InChI is InChI=1S/C19H25N/c1-4-12-20-14-17-8-11-19(15(3)13-17)18-9-6-16(5-2)7-10-18/h6-11,13,20H,4-5,12,14H2,1-3H3. The maximum atomic E-state index is 3.45. The Morgan fingerprint density at radius 2 is 1.60 bits per heavy atom. The summed E-state index contributed by atoms with van der Waals surface area (Å²) in [4.78, 5) is 0. The van der Waals surface area contributed by atoms with Gasteiger partial charge in [0.2, 0.25) is 0 Å².